The van der Waals surface area contributed by atoms with E-state index in [9.17, 15) is 4.79 Å². The fraction of sp³-hybridized carbons (Fsp3) is 0.429. The van der Waals surface area contributed by atoms with E-state index in [1.54, 1.807) is 0 Å². The summed E-state index contributed by atoms with van der Waals surface area (Å²) in [6, 6.07) is 14.7. The Morgan fingerprint density at radius 1 is 1.00 bits per heavy atom. The summed E-state index contributed by atoms with van der Waals surface area (Å²) in [6.45, 7) is 5.04. The maximum Gasteiger partial charge on any atom is 0.254 e. The predicted octanol–water partition coefficient (Wildman–Crippen LogP) is 5.18. The molecule has 7 heteroatoms. The van der Waals surface area contributed by atoms with Crippen molar-refractivity contribution in [2.24, 2.45) is 0 Å². The molecule has 2 aromatic heterocycles. The van der Waals surface area contributed by atoms with Crippen LogP contribution in [0.1, 0.15) is 78.7 Å². The SMILES string of the molecule is Cc1cc2cc(C(c3nnnn3C3CCCCC3)N3CCCc4ccccc43)c(=O)[nH]c2cc1C. The predicted molar refractivity (Wildman–Crippen MR) is 138 cm³/mol. The molecule has 0 saturated heterocycles. The van der Waals surface area contributed by atoms with Crippen molar-refractivity contribution >= 4 is 16.6 Å². The molecule has 180 valence electrons. The highest BCUT2D eigenvalue weighted by molar-refractivity contribution is 5.81. The largest absolute Gasteiger partial charge is 0.357 e. The average molecular weight is 469 g/mol. The summed E-state index contributed by atoms with van der Waals surface area (Å²) in [7, 11) is 0. The fourth-order valence-electron chi connectivity index (χ4n) is 5.94. The van der Waals surface area contributed by atoms with E-state index < -0.39 is 0 Å². The maximum atomic E-state index is 13.6. The molecule has 1 fully saturated rings. The highest BCUT2D eigenvalue weighted by atomic mass is 16.1. The number of benzene rings is 2. The number of pyridine rings is 1. The van der Waals surface area contributed by atoms with E-state index in [1.165, 1.54) is 41.6 Å². The van der Waals surface area contributed by atoms with Crippen molar-refractivity contribution in [2.45, 2.75) is 70.9 Å². The number of nitrogens with one attached hydrogen (secondary N) is 1. The Kier molecular flexibility index (Phi) is 5.63. The zero-order valence-corrected chi connectivity index (χ0v) is 20.5. The van der Waals surface area contributed by atoms with Crippen LogP contribution in [0.3, 0.4) is 0 Å². The molecular weight excluding hydrogens is 436 g/mol. The molecule has 2 aromatic carbocycles. The smallest absolute Gasteiger partial charge is 0.254 e. The summed E-state index contributed by atoms with van der Waals surface area (Å²) in [4.78, 5) is 19.2. The van der Waals surface area contributed by atoms with Crippen molar-refractivity contribution in [1.29, 1.82) is 0 Å². The normalized spacial score (nSPS) is 17.5. The van der Waals surface area contributed by atoms with E-state index in [0.717, 1.165) is 49.0 Å². The number of aryl methyl sites for hydroxylation is 3. The zero-order valence-electron chi connectivity index (χ0n) is 20.5. The van der Waals surface area contributed by atoms with Gasteiger partial charge in [-0.25, -0.2) is 4.68 Å². The molecule has 0 amide bonds. The van der Waals surface area contributed by atoms with Crippen molar-refractivity contribution in [3.63, 3.8) is 0 Å². The van der Waals surface area contributed by atoms with Gasteiger partial charge in [0.05, 0.1) is 6.04 Å². The summed E-state index contributed by atoms with van der Waals surface area (Å²) in [5.41, 5.74) is 6.35. The van der Waals surface area contributed by atoms with Crippen LogP contribution in [-0.2, 0) is 6.42 Å². The number of fused-ring (bicyclic) bond motifs is 2. The van der Waals surface area contributed by atoms with Crippen molar-refractivity contribution in [3.05, 3.63) is 80.9 Å². The quantitative estimate of drug-likeness (QED) is 0.446. The van der Waals surface area contributed by atoms with Crippen LogP contribution < -0.4 is 10.5 Å². The molecule has 0 radical (unpaired) electrons. The van der Waals surface area contributed by atoms with Gasteiger partial charge in [-0.1, -0.05) is 37.5 Å². The van der Waals surface area contributed by atoms with Gasteiger partial charge in [0.25, 0.3) is 5.56 Å². The third kappa shape index (κ3) is 3.93. The van der Waals surface area contributed by atoms with Crippen LogP contribution in [0.4, 0.5) is 5.69 Å². The lowest BCUT2D eigenvalue weighted by Crippen LogP contribution is -2.39. The highest BCUT2D eigenvalue weighted by Gasteiger charge is 2.34. The molecule has 6 rings (SSSR count). The van der Waals surface area contributed by atoms with E-state index >= 15 is 0 Å². The second kappa shape index (κ2) is 8.95. The Hall–Kier alpha value is -3.48. The van der Waals surface area contributed by atoms with Crippen LogP contribution >= 0.6 is 0 Å². The van der Waals surface area contributed by atoms with Crippen LogP contribution in [0.2, 0.25) is 0 Å². The van der Waals surface area contributed by atoms with Gasteiger partial charge in [-0.05, 0) is 96.3 Å². The lowest BCUT2D eigenvalue weighted by molar-refractivity contribution is 0.313. The van der Waals surface area contributed by atoms with E-state index in [0.29, 0.717) is 5.56 Å². The first-order valence-corrected chi connectivity index (χ1v) is 12.9. The fourth-order valence-corrected chi connectivity index (χ4v) is 5.94. The third-order valence-corrected chi connectivity index (χ3v) is 7.92. The summed E-state index contributed by atoms with van der Waals surface area (Å²) < 4.78 is 2.02. The van der Waals surface area contributed by atoms with Gasteiger partial charge >= 0.3 is 0 Å². The molecule has 1 unspecified atom stereocenters. The summed E-state index contributed by atoms with van der Waals surface area (Å²) in [5, 5.41) is 14.2. The molecule has 2 aliphatic rings. The Labute approximate surface area is 205 Å². The minimum absolute atomic E-state index is 0.0769. The number of rotatable bonds is 4. The minimum atomic E-state index is -0.358. The van der Waals surface area contributed by atoms with Crippen LogP contribution in [0.25, 0.3) is 10.9 Å². The van der Waals surface area contributed by atoms with Gasteiger partial charge in [-0.3, -0.25) is 4.79 Å². The summed E-state index contributed by atoms with van der Waals surface area (Å²) >= 11 is 0. The summed E-state index contributed by atoms with van der Waals surface area (Å²) in [6.07, 6.45) is 7.87. The zero-order chi connectivity index (χ0) is 23.9. The monoisotopic (exact) mass is 468 g/mol. The molecule has 0 bridgehead atoms. The average Bonchev–Trinajstić information content (AvgIpc) is 3.36. The van der Waals surface area contributed by atoms with Gasteiger partial charge in [0, 0.05) is 23.3 Å². The molecule has 1 N–H and O–H groups in total. The van der Waals surface area contributed by atoms with Crippen LogP contribution in [-0.4, -0.2) is 31.7 Å². The number of aromatic amines is 1. The van der Waals surface area contributed by atoms with Gasteiger partial charge in [0.2, 0.25) is 0 Å². The Morgan fingerprint density at radius 3 is 2.66 bits per heavy atom. The second-order valence-corrected chi connectivity index (χ2v) is 10.2. The first-order valence-electron chi connectivity index (χ1n) is 12.9. The Balaban J connectivity index is 1.56. The Morgan fingerprint density at radius 2 is 1.80 bits per heavy atom. The van der Waals surface area contributed by atoms with Crippen LogP contribution in [0.5, 0.6) is 0 Å². The first kappa shape index (κ1) is 22.0. The number of hydrogen-bond donors (Lipinski definition) is 1. The van der Waals surface area contributed by atoms with Gasteiger partial charge in [-0.2, -0.15) is 0 Å². The number of H-pyrrole nitrogens is 1. The highest BCUT2D eigenvalue weighted by Crippen LogP contribution is 2.38. The van der Waals surface area contributed by atoms with E-state index in [2.05, 4.69) is 81.7 Å². The van der Waals surface area contributed by atoms with Gasteiger partial charge < -0.3 is 9.88 Å². The molecule has 35 heavy (non-hydrogen) atoms. The lowest BCUT2D eigenvalue weighted by Gasteiger charge is -2.38. The molecule has 1 aliphatic carbocycles. The van der Waals surface area contributed by atoms with E-state index in [4.69, 9.17) is 0 Å². The number of hydrogen-bond acceptors (Lipinski definition) is 5. The maximum absolute atomic E-state index is 13.6. The van der Waals surface area contributed by atoms with Crippen molar-refractivity contribution in [2.75, 3.05) is 11.4 Å². The first-order chi connectivity index (χ1) is 17.1. The van der Waals surface area contributed by atoms with Crippen LogP contribution in [0.15, 0.2) is 47.3 Å². The standard InChI is InChI=1S/C28H32N6O/c1-18-15-21-17-23(28(35)29-24(21)16-19(18)2)26(33-14-8-10-20-9-6-7-13-25(20)33)27-30-31-32-34(27)22-11-4-3-5-12-22/h6-7,9,13,15-17,22,26H,3-5,8,10-12,14H2,1-2H3,(H,29,35). The molecule has 1 saturated carbocycles. The Bertz CT molecular complexity index is 1430. The molecule has 4 aromatic rings. The number of aromatic nitrogens is 5. The van der Waals surface area contributed by atoms with Crippen molar-refractivity contribution in [1.82, 2.24) is 25.2 Å². The minimum Gasteiger partial charge on any atom is -0.357 e. The molecule has 3 heterocycles. The molecule has 7 nitrogen and oxygen atoms in total. The number of para-hydroxylation sites is 1. The molecule has 1 aliphatic heterocycles. The summed E-state index contributed by atoms with van der Waals surface area (Å²) in [5.74, 6) is 0.766. The third-order valence-electron chi connectivity index (χ3n) is 7.92. The van der Waals surface area contributed by atoms with Crippen molar-refractivity contribution in [3.8, 4) is 0 Å². The van der Waals surface area contributed by atoms with Crippen LogP contribution in [0, 0.1) is 13.8 Å². The molecule has 0 spiro atoms. The van der Waals surface area contributed by atoms with Gasteiger partial charge in [-0.15, -0.1) is 5.10 Å². The topological polar surface area (TPSA) is 79.7 Å². The van der Waals surface area contributed by atoms with Gasteiger partial charge in [0.15, 0.2) is 5.82 Å². The lowest BCUT2D eigenvalue weighted by atomic mass is 9.93. The number of anilines is 1. The van der Waals surface area contributed by atoms with Gasteiger partial charge in [0.1, 0.15) is 6.04 Å². The number of nitrogens with zero attached hydrogens (tertiary/aromatic N) is 5. The second-order valence-electron chi connectivity index (χ2n) is 10.2. The van der Waals surface area contributed by atoms with E-state index in [1.807, 2.05) is 4.68 Å². The molecular formula is C28H32N6O. The van der Waals surface area contributed by atoms with Crippen molar-refractivity contribution < 1.29 is 0 Å². The van der Waals surface area contributed by atoms with E-state index in [-0.39, 0.29) is 17.6 Å². The molecule has 1 atom stereocenters. The number of tetrazole rings is 1.